The third-order valence-corrected chi connectivity index (χ3v) is 3.32. The van der Waals surface area contributed by atoms with Gasteiger partial charge in [-0.15, -0.1) is 0 Å². The Kier molecular flexibility index (Phi) is 6.93. The molecule has 0 saturated carbocycles. The van der Waals surface area contributed by atoms with Crippen LogP contribution in [0, 0.1) is 0 Å². The number of anilines is 1. The molecule has 0 spiro atoms. The van der Waals surface area contributed by atoms with Gasteiger partial charge in [0.25, 0.3) is 5.91 Å². The molecule has 0 aromatic heterocycles. The van der Waals surface area contributed by atoms with Gasteiger partial charge in [-0.25, -0.2) is 4.79 Å². The quantitative estimate of drug-likeness (QED) is 0.708. The van der Waals surface area contributed by atoms with Crippen LogP contribution < -0.4 is 19.5 Å². The van der Waals surface area contributed by atoms with Crippen LogP contribution in [-0.2, 0) is 9.53 Å². The van der Waals surface area contributed by atoms with Crippen LogP contribution in [0.3, 0.4) is 0 Å². The summed E-state index contributed by atoms with van der Waals surface area (Å²) in [5.74, 6) is -0.547. The van der Waals surface area contributed by atoms with Crippen LogP contribution >= 0.6 is 0 Å². The Morgan fingerprint density at radius 1 is 1.00 bits per heavy atom. The van der Waals surface area contributed by atoms with E-state index in [0.29, 0.717) is 17.2 Å². The van der Waals surface area contributed by atoms with E-state index >= 15 is 0 Å². The fourth-order valence-electron chi connectivity index (χ4n) is 2.09. The number of halogens is 2. The molecule has 2 aromatic rings. The fourth-order valence-corrected chi connectivity index (χ4v) is 2.09. The number of esters is 1. The van der Waals surface area contributed by atoms with Gasteiger partial charge in [-0.3, -0.25) is 4.79 Å². The number of ether oxygens (including phenoxy) is 4. The first-order chi connectivity index (χ1) is 12.9. The second-order valence-electron chi connectivity index (χ2n) is 5.10. The highest BCUT2D eigenvalue weighted by Gasteiger charge is 2.14. The number of benzene rings is 2. The molecule has 2 rings (SSSR count). The molecule has 0 atom stereocenters. The lowest BCUT2D eigenvalue weighted by Crippen LogP contribution is -2.21. The Hall–Kier alpha value is -3.36. The smallest absolute Gasteiger partial charge is 0.387 e. The fraction of sp³-hybridized carbons (Fsp3) is 0.222. The minimum absolute atomic E-state index is 0.0390. The van der Waals surface area contributed by atoms with Crippen molar-refractivity contribution in [2.75, 3.05) is 26.1 Å². The van der Waals surface area contributed by atoms with Gasteiger partial charge in [0.05, 0.1) is 19.8 Å². The van der Waals surface area contributed by atoms with Crippen LogP contribution in [0.25, 0.3) is 0 Å². The maximum Gasteiger partial charge on any atom is 0.387 e. The molecular weight excluding hydrogens is 364 g/mol. The lowest BCUT2D eigenvalue weighted by molar-refractivity contribution is -0.119. The standard InChI is InChI=1S/C18H17F2NO6/c1-24-14-8-3-11(9-15(14)25-2)17(23)26-10-16(22)21-12-4-6-13(7-5-12)27-18(19)20/h3-9,18H,10H2,1-2H3,(H,21,22). The SMILES string of the molecule is COc1ccc(C(=O)OCC(=O)Nc2ccc(OC(F)F)cc2)cc1OC. The van der Waals surface area contributed by atoms with Gasteiger partial charge in [0, 0.05) is 5.69 Å². The Balaban J connectivity index is 1.88. The van der Waals surface area contributed by atoms with Gasteiger partial charge in [-0.05, 0) is 42.5 Å². The topological polar surface area (TPSA) is 83.1 Å². The third-order valence-electron chi connectivity index (χ3n) is 3.32. The van der Waals surface area contributed by atoms with Crippen LogP contribution in [0.5, 0.6) is 17.2 Å². The van der Waals surface area contributed by atoms with E-state index in [-0.39, 0.29) is 11.3 Å². The first kappa shape index (κ1) is 20.0. The Morgan fingerprint density at radius 3 is 2.26 bits per heavy atom. The second-order valence-corrected chi connectivity index (χ2v) is 5.10. The molecule has 0 radical (unpaired) electrons. The number of amides is 1. The summed E-state index contributed by atoms with van der Waals surface area (Å²) in [6.07, 6.45) is 0. The van der Waals surface area contributed by atoms with Gasteiger partial charge >= 0.3 is 12.6 Å². The summed E-state index contributed by atoms with van der Waals surface area (Å²) in [6.45, 7) is -3.45. The molecule has 0 saturated heterocycles. The number of methoxy groups -OCH3 is 2. The Morgan fingerprint density at radius 2 is 1.67 bits per heavy atom. The molecule has 1 N–H and O–H groups in total. The van der Waals surface area contributed by atoms with Crippen molar-refractivity contribution in [3.05, 3.63) is 48.0 Å². The summed E-state index contributed by atoms with van der Waals surface area (Å²) in [4.78, 5) is 23.9. The van der Waals surface area contributed by atoms with Crippen LogP contribution in [0.15, 0.2) is 42.5 Å². The lowest BCUT2D eigenvalue weighted by Gasteiger charge is -2.10. The van der Waals surface area contributed by atoms with E-state index in [0.717, 1.165) is 0 Å². The van der Waals surface area contributed by atoms with E-state index in [1.54, 1.807) is 6.07 Å². The molecule has 0 bridgehead atoms. The maximum absolute atomic E-state index is 12.1. The minimum atomic E-state index is -2.93. The van der Waals surface area contributed by atoms with Crippen LogP contribution in [0.1, 0.15) is 10.4 Å². The van der Waals surface area contributed by atoms with E-state index in [1.165, 1.54) is 50.6 Å². The molecule has 0 aliphatic rings. The normalized spacial score (nSPS) is 10.3. The molecule has 0 heterocycles. The maximum atomic E-state index is 12.1. The predicted octanol–water partition coefficient (Wildman–Crippen LogP) is 3.10. The highest BCUT2D eigenvalue weighted by atomic mass is 19.3. The zero-order chi connectivity index (χ0) is 19.8. The van der Waals surface area contributed by atoms with E-state index in [4.69, 9.17) is 14.2 Å². The predicted molar refractivity (Wildman–Crippen MR) is 91.5 cm³/mol. The first-order valence-corrected chi connectivity index (χ1v) is 7.67. The summed E-state index contributed by atoms with van der Waals surface area (Å²) < 4.78 is 43.5. The van der Waals surface area contributed by atoms with Crippen molar-refractivity contribution in [1.29, 1.82) is 0 Å². The molecule has 0 aliphatic heterocycles. The molecular formula is C18H17F2NO6. The zero-order valence-corrected chi connectivity index (χ0v) is 14.5. The van der Waals surface area contributed by atoms with Gasteiger partial charge in [-0.2, -0.15) is 8.78 Å². The number of carbonyl (C=O) groups is 2. The van der Waals surface area contributed by atoms with Crippen LogP contribution in [-0.4, -0.2) is 39.3 Å². The van der Waals surface area contributed by atoms with E-state index in [2.05, 4.69) is 10.1 Å². The Bertz CT molecular complexity index is 795. The number of rotatable bonds is 8. The molecule has 0 fully saturated rings. The number of alkyl halides is 2. The van der Waals surface area contributed by atoms with Crippen molar-refractivity contribution < 1.29 is 37.3 Å². The summed E-state index contributed by atoms with van der Waals surface area (Å²) >= 11 is 0. The highest BCUT2D eigenvalue weighted by Crippen LogP contribution is 2.27. The van der Waals surface area contributed by atoms with Crippen molar-refractivity contribution in [2.24, 2.45) is 0 Å². The van der Waals surface area contributed by atoms with Crippen molar-refractivity contribution in [3.63, 3.8) is 0 Å². The van der Waals surface area contributed by atoms with Crippen molar-refractivity contribution >= 4 is 17.6 Å². The molecule has 9 heteroatoms. The molecule has 0 unspecified atom stereocenters. The summed E-state index contributed by atoms with van der Waals surface area (Å²) in [5.41, 5.74) is 0.526. The monoisotopic (exact) mass is 381 g/mol. The number of hydrogen-bond donors (Lipinski definition) is 1. The van der Waals surface area contributed by atoms with E-state index in [9.17, 15) is 18.4 Å². The summed E-state index contributed by atoms with van der Waals surface area (Å²) in [5, 5.41) is 2.47. The molecule has 7 nitrogen and oxygen atoms in total. The van der Waals surface area contributed by atoms with Crippen LogP contribution in [0.2, 0.25) is 0 Å². The number of carbonyl (C=O) groups excluding carboxylic acids is 2. The molecule has 2 aromatic carbocycles. The van der Waals surface area contributed by atoms with Gasteiger partial charge < -0.3 is 24.3 Å². The van der Waals surface area contributed by atoms with Crippen molar-refractivity contribution in [2.45, 2.75) is 6.61 Å². The van der Waals surface area contributed by atoms with E-state index in [1.807, 2.05) is 0 Å². The zero-order valence-electron chi connectivity index (χ0n) is 14.5. The van der Waals surface area contributed by atoms with Gasteiger partial charge in [0.2, 0.25) is 0 Å². The van der Waals surface area contributed by atoms with Crippen LogP contribution in [0.4, 0.5) is 14.5 Å². The lowest BCUT2D eigenvalue weighted by atomic mass is 10.2. The average Bonchev–Trinajstić information content (AvgIpc) is 2.66. The Labute approximate surface area is 153 Å². The molecule has 1 amide bonds. The molecule has 0 aliphatic carbocycles. The molecule has 144 valence electrons. The summed E-state index contributed by atoms with van der Waals surface area (Å²) in [6, 6.07) is 9.76. The van der Waals surface area contributed by atoms with Gasteiger partial charge in [0.1, 0.15) is 5.75 Å². The van der Waals surface area contributed by atoms with Crippen molar-refractivity contribution in [1.82, 2.24) is 0 Å². The summed E-state index contributed by atoms with van der Waals surface area (Å²) in [7, 11) is 2.89. The third kappa shape index (κ3) is 5.84. The number of hydrogen-bond acceptors (Lipinski definition) is 6. The van der Waals surface area contributed by atoms with Gasteiger partial charge in [-0.1, -0.05) is 0 Å². The van der Waals surface area contributed by atoms with E-state index < -0.39 is 25.1 Å². The largest absolute Gasteiger partial charge is 0.493 e. The minimum Gasteiger partial charge on any atom is -0.493 e. The molecule has 27 heavy (non-hydrogen) atoms. The second kappa shape index (κ2) is 9.37. The highest BCUT2D eigenvalue weighted by molar-refractivity contribution is 5.95. The average molecular weight is 381 g/mol. The number of nitrogens with one attached hydrogen (secondary N) is 1. The van der Waals surface area contributed by atoms with Crippen molar-refractivity contribution in [3.8, 4) is 17.2 Å². The van der Waals surface area contributed by atoms with Gasteiger partial charge in [0.15, 0.2) is 18.1 Å². The first-order valence-electron chi connectivity index (χ1n) is 7.67.